The molecule has 1 amide bonds. The number of carbonyl (C=O) groups excluding carboxylic acids is 1. The molecule has 2 fully saturated rings. The summed E-state index contributed by atoms with van der Waals surface area (Å²) in [5.74, 6) is -1.35. The second-order valence-corrected chi connectivity index (χ2v) is 11.5. The van der Waals surface area contributed by atoms with Gasteiger partial charge in [0.2, 0.25) is 0 Å². The van der Waals surface area contributed by atoms with Crippen LogP contribution < -0.4 is 0 Å². The van der Waals surface area contributed by atoms with Crippen molar-refractivity contribution in [3.8, 4) is 16.9 Å². The molecule has 34 heavy (non-hydrogen) atoms. The van der Waals surface area contributed by atoms with E-state index in [1.807, 2.05) is 30.0 Å². The molecule has 1 saturated carbocycles. The molecule has 1 saturated heterocycles. The van der Waals surface area contributed by atoms with Gasteiger partial charge in [0, 0.05) is 29.4 Å². The van der Waals surface area contributed by atoms with Crippen LogP contribution >= 0.6 is 11.6 Å². The molecule has 0 spiro atoms. The van der Waals surface area contributed by atoms with E-state index in [1.54, 1.807) is 16.7 Å². The molecule has 2 aromatic carbocycles. The molecule has 6 heteroatoms. The van der Waals surface area contributed by atoms with E-state index in [2.05, 4.69) is 20.8 Å². The molecule has 5 rings (SSSR count). The van der Waals surface area contributed by atoms with Crippen molar-refractivity contribution in [3.63, 3.8) is 0 Å². The molecule has 2 unspecified atom stereocenters. The summed E-state index contributed by atoms with van der Waals surface area (Å²) < 4.78 is 30.3. The molecule has 2 bridgehead atoms. The van der Waals surface area contributed by atoms with Crippen molar-refractivity contribution in [2.24, 2.45) is 10.8 Å². The first-order valence-corrected chi connectivity index (χ1v) is 12.1. The highest BCUT2D eigenvalue weighted by molar-refractivity contribution is 6.30. The maximum Gasteiger partial charge on any atom is 0.255 e. The number of hydrogen-bond donors (Lipinski definition) is 0. The third-order valence-corrected chi connectivity index (χ3v) is 7.70. The zero-order valence-corrected chi connectivity index (χ0v) is 20.7. The summed E-state index contributed by atoms with van der Waals surface area (Å²) in [6.45, 7) is 9.39. The van der Waals surface area contributed by atoms with Crippen molar-refractivity contribution in [1.82, 2.24) is 9.47 Å². The van der Waals surface area contributed by atoms with Gasteiger partial charge in [0.15, 0.2) is 0 Å². The molecule has 3 aromatic rings. The number of aromatic nitrogens is 1. The minimum Gasteiger partial charge on any atom is -0.335 e. The Labute approximate surface area is 204 Å². The molecule has 0 radical (unpaired) electrons. The van der Waals surface area contributed by atoms with Crippen molar-refractivity contribution < 1.29 is 13.6 Å². The summed E-state index contributed by atoms with van der Waals surface area (Å²) in [7, 11) is 0. The third-order valence-electron chi connectivity index (χ3n) is 7.44. The Balaban J connectivity index is 1.63. The normalized spacial score (nSPS) is 23.4. The van der Waals surface area contributed by atoms with Crippen LogP contribution in [-0.2, 0) is 0 Å². The lowest BCUT2D eigenvalue weighted by Crippen LogP contribution is -2.37. The number of halogens is 3. The number of carbonyl (C=O) groups is 1. The second kappa shape index (κ2) is 7.94. The van der Waals surface area contributed by atoms with E-state index in [1.165, 1.54) is 12.1 Å². The number of fused-ring (bicyclic) bond motifs is 2. The topological polar surface area (TPSA) is 25.2 Å². The summed E-state index contributed by atoms with van der Waals surface area (Å²) in [5.41, 5.74) is 3.14. The molecule has 2 atom stereocenters. The van der Waals surface area contributed by atoms with Crippen LogP contribution in [0.15, 0.2) is 48.5 Å². The highest BCUT2D eigenvalue weighted by Gasteiger charge is 2.51. The zero-order chi connectivity index (χ0) is 24.4. The van der Waals surface area contributed by atoms with Crippen LogP contribution in [0, 0.1) is 29.4 Å². The van der Waals surface area contributed by atoms with Gasteiger partial charge in [0.25, 0.3) is 5.91 Å². The molecule has 2 aliphatic rings. The number of likely N-dealkylation sites (tertiary alicyclic amines) is 1. The molecule has 3 nitrogen and oxygen atoms in total. The quantitative estimate of drug-likeness (QED) is 0.381. The predicted molar refractivity (Wildman–Crippen MR) is 131 cm³/mol. The average Bonchev–Trinajstić information content (AvgIpc) is 3.20. The predicted octanol–water partition coefficient (Wildman–Crippen LogP) is 7.43. The van der Waals surface area contributed by atoms with E-state index in [9.17, 15) is 13.6 Å². The van der Waals surface area contributed by atoms with Gasteiger partial charge in [-0.05, 0) is 72.9 Å². The third kappa shape index (κ3) is 3.94. The SMILES string of the molecule is Cc1c(C(=O)N2CC3(C)CC2CC(C)(C)C3)cc(-c2ccc(Cl)cc2)n1-c1ccc(F)cc1F. The summed E-state index contributed by atoms with van der Waals surface area (Å²) in [4.78, 5) is 15.9. The summed E-state index contributed by atoms with van der Waals surface area (Å²) >= 11 is 6.09. The first-order chi connectivity index (χ1) is 16.0. The maximum atomic E-state index is 14.9. The Morgan fingerprint density at radius 2 is 1.74 bits per heavy atom. The van der Waals surface area contributed by atoms with Crippen LogP contribution in [-0.4, -0.2) is 28.0 Å². The lowest BCUT2D eigenvalue weighted by Gasteiger charge is -2.39. The van der Waals surface area contributed by atoms with Crippen LogP contribution in [0.5, 0.6) is 0 Å². The van der Waals surface area contributed by atoms with Crippen LogP contribution in [0.3, 0.4) is 0 Å². The number of rotatable bonds is 3. The average molecular weight is 483 g/mol. The maximum absolute atomic E-state index is 14.9. The Bertz CT molecular complexity index is 1280. The molecule has 2 heterocycles. The van der Waals surface area contributed by atoms with Gasteiger partial charge in [-0.15, -0.1) is 0 Å². The lowest BCUT2D eigenvalue weighted by molar-refractivity contribution is 0.0707. The van der Waals surface area contributed by atoms with Crippen LogP contribution in [0.4, 0.5) is 8.78 Å². The molecular weight excluding hydrogens is 454 g/mol. The molecule has 1 aromatic heterocycles. The first-order valence-electron chi connectivity index (χ1n) is 11.7. The Kier molecular flexibility index (Phi) is 5.40. The zero-order valence-electron chi connectivity index (χ0n) is 20.0. The molecule has 0 N–H and O–H groups in total. The van der Waals surface area contributed by atoms with Gasteiger partial charge < -0.3 is 9.47 Å². The second-order valence-electron chi connectivity index (χ2n) is 11.1. The first kappa shape index (κ1) is 23.1. The summed E-state index contributed by atoms with van der Waals surface area (Å²) in [5, 5.41) is 0.586. The fourth-order valence-electron chi connectivity index (χ4n) is 6.48. The van der Waals surface area contributed by atoms with Crippen molar-refractivity contribution in [2.75, 3.05) is 6.54 Å². The van der Waals surface area contributed by atoms with E-state index < -0.39 is 11.6 Å². The Morgan fingerprint density at radius 1 is 1.03 bits per heavy atom. The number of nitrogens with zero attached hydrogens (tertiary/aromatic N) is 2. The van der Waals surface area contributed by atoms with Crippen molar-refractivity contribution in [1.29, 1.82) is 0 Å². The van der Waals surface area contributed by atoms with Crippen molar-refractivity contribution in [2.45, 2.75) is 53.0 Å². The van der Waals surface area contributed by atoms with Gasteiger partial charge in [0.1, 0.15) is 11.6 Å². The lowest BCUT2D eigenvalue weighted by atomic mass is 9.65. The Hall–Kier alpha value is -2.66. The smallest absolute Gasteiger partial charge is 0.255 e. The van der Waals surface area contributed by atoms with Gasteiger partial charge in [-0.1, -0.05) is 44.5 Å². The van der Waals surface area contributed by atoms with E-state index in [0.29, 0.717) is 22.0 Å². The largest absolute Gasteiger partial charge is 0.335 e. The fraction of sp³-hybridized carbons (Fsp3) is 0.393. The van der Waals surface area contributed by atoms with Crippen molar-refractivity contribution in [3.05, 3.63) is 76.4 Å². The monoisotopic (exact) mass is 482 g/mol. The molecule has 1 aliphatic heterocycles. The van der Waals surface area contributed by atoms with Crippen molar-refractivity contribution >= 4 is 17.5 Å². The molecule has 178 valence electrons. The standard InChI is InChI=1S/C28H29ClF2N2O/c1-17-22(26(34)32-16-28(4)14-21(32)13-27(2,3)15-28)12-25(18-5-7-19(29)8-6-18)33(17)24-10-9-20(30)11-23(24)31/h5-12,21H,13-16H2,1-4H3. The van der Waals surface area contributed by atoms with Crippen LogP contribution in [0.25, 0.3) is 16.9 Å². The van der Waals surface area contributed by atoms with E-state index in [0.717, 1.165) is 37.4 Å². The number of amides is 1. The van der Waals surface area contributed by atoms with Gasteiger partial charge in [0.05, 0.1) is 16.9 Å². The molecular formula is C28H29ClF2N2O. The van der Waals surface area contributed by atoms with Gasteiger partial charge >= 0.3 is 0 Å². The fourth-order valence-corrected chi connectivity index (χ4v) is 6.61. The summed E-state index contributed by atoms with van der Waals surface area (Å²) in [6, 6.07) is 12.8. The minimum absolute atomic E-state index is 0.0274. The van der Waals surface area contributed by atoms with Gasteiger partial charge in [-0.3, -0.25) is 4.79 Å². The van der Waals surface area contributed by atoms with Gasteiger partial charge in [-0.2, -0.15) is 0 Å². The van der Waals surface area contributed by atoms with E-state index in [-0.39, 0.29) is 28.5 Å². The number of benzene rings is 2. The summed E-state index contributed by atoms with van der Waals surface area (Å²) in [6.07, 6.45) is 3.08. The Morgan fingerprint density at radius 3 is 2.41 bits per heavy atom. The van der Waals surface area contributed by atoms with E-state index >= 15 is 0 Å². The highest BCUT2D eigenvalue weighted by atomic mass is 35.5. The minimum atomic E-state index is -0.681. The van der Waals surface area contributed by atoms with Gasteiger partial charge in [-0.25, -0.2) is 8.78 Å². The molecule has 1 aliphatic carbocycles. The van der Waals surface area contributed by atoms with Crippen LogP contribution in [0.1, 0.15) is 56.1 Å². The number of hydrogen-bond acceptors (Lipinski definition) is 1. The van der Waals surface area contributed by atoms with E-state index in [4.69, 9.17) is 11.6 Å². The van der Waals surface area contributed by atoms with Crippen LogP contribution in [0.2, 0.25) is 5.02 Å². The highest BCUT2D eigenvalue weighted by Crippen LogP contribution is 2.53.